The summed E-state index contributed by atoms with van der Waals surface area (Å²) in [6.45, 7) is 3.09. The highest BCUT2D eigenvalue weighted by Gasteiger charge is 2.20. The zero-order valence-electron chi connectivity index (χ0n) is 11.3. The van der Waals surface area contributed by atoms with Gasteiger partial charge in [-0.2, -0.15) is 0 Å². The zero-order valence-corrected chi connectivity index (χ0v) is 14.4. The Bertz CT molecular complexity index is 688. The van der Waals surface area contributed by atoms with Crippen LogP contribution in [-0.4, -0.2) is 13.2 Å². The maximum Gasteiger partial charge on any atom is 0.162 e. The van der Waals surface area contributed by atoms with Gasteiger partial charge in [0.25, 0.3) is 0 Å². The Hall–Kier alpha value is -0.900. The molecular weight excluding hydrogens is 375 g/mol. The van der Waals surface area contributed by atoms with Gasteiger partial charge in [-0.05, 0) is 35.7 Å². The quantitative estimate of drug-likeness (QED) is 0.628. The van der Waals surface area contributed by atoms with Crippen molar-refractivity contribution in [3.05, 3.63) is 57.1 Å². The van der Waals surface area contributed by atoms with Crippen LogP contribution in [0.5, 0.6) is 11.5 Å². The van der Waals surface area contributed by atoms with E-state index in [1.165, 1.54) is 0 Å². The van der Waals surface area contributed by atoms with Crippen LogP contribution in [0, 0.1) is 6.92 Å². The van der Waals surface area contributed by atoms with Gasteiger partial charge in [-0.3, -0.25) is 0 Å². The lowest BCUT2D eigenvalue weighted by molar-refractivity contribution is 0.171. The summed E-state index contributed by atoms with van der Waals surface area (Å²) >= 11 is 16.2. The summed E-state index contributed by atoms with van der Waals surface area (Å²) in [5.41, 5.74) is 3.07. The Labute approximate surface area is 142 Å². The number of rotatable bonds is 2. The molecule has 0 saturated carbocycles. The summed E-state index contributed by atoms with van der Waals surface area (Å²) < 4.78 is 11.2. The second-order valence-electron chi connectivity index (χ2n) is 4.89. The molecule has 3 rings (SSSR count). The van der Waals surface area contributed by atoms with E-state index in [9.17, 15) is 0 Å². The van der Waals surface area contributed by atoms with Gasteiger partial charge in [0, 0.05) is 16.1 Å². The molecule has 0 saturated heterocycles. The molecule has 1 atom stereocenters. The monoisotopic (exact) mass is 386 g/mol. The Morgan fingerprint density at radius 3 is 2.33 bits per heavy atom. The van der Waals surface area contributed by atoms with Crippen molar-refractivity contribution in [1.82, 2.24) is 0 Å². The molecule has 21 heavy (non-hydrogen) atoms. The van der Waals surface area contributed by atoms with Gasteiger partial charge in [-0.25, -0.2) is 0 Å². The first-order valence-electron chi connectivity index (χ1n) is 6.55. The standard InChI is InChI=1S/C16H13BrCl2O2/c1-9-6-10(2-3-12(9)18)16(17)11-7-14-15(8-13(11)19)21-5-4-20-14/h2-3,6-8,16H,4-5H2,1H3. The van der Waals surface area contributed by atoms with Crippen molar-refractivity contribution >= 4 is 39.1 Å². The SMILES string of the molecule is Cc1cc(C(Br)c2cc3c(cc2Cl)OCCO3)ccc1Cl. The molecule has 5 heteroatoms. The summed E-state index contributed by atoms with van der Waals surface area (Å²) in [5.74, 6) is 1.43. The normalized spacial score (nSPS) is 14.9. The van der Waals surface area contributed by atoms with Gasteiger partial charge in [0.05, 0.1) is 4.83 Å². The van der Waals surface area contributed by atoms with Crippen LogP contribution in [0.2, 0.25) is 10.0 Å². The number of hydrogen-bond donors (Lipinski definition) is 0. The Morgan fingerprint density at radius 2 is 1.67 bits per heavy atom. The average molecular weight is 388 g/mol. The van der Waals surface area contributed by atoms with Crippen LogP contribution in [0.25, 0.3) is 0 Å². The molecule has 1 unspecified atom stereocenters. The highest BCUT2D eigenvalue weighted by Crippen LogP contribution is 2.42. The summed E-state index contributed by atoms with van der Waals surface area (Å²) in [6, 6.07) is 9.67. The molecule has 0 N–H and O–H groups in total. The number of fused-ring (bicyclic) bond motifs is 1. The van der Waals surface area contributed by atoms with Crippen LogP contribution >= 0.6 is 39.1 Å². The number of ether oxygens (including phenoxy) is 2. The lowest BCUT2D eigenvalue weighted by Gasteiger charge is -2.21. The van der Waals surface area contributed by atoms with Crippen molar-refractivity contribution < 1.29 is 9.47 Å². The van der Waals surface area contributed by atoms with E-state index in [1.54, 1.807) is 0 Å². The van der Waals surface area contributed by atoms with Crippen molar-refractivity contribution in [3.8, 4) is 11.5 Å². The number of halogens is 3. The molecular formula is C16H13BrCl2O2. The van der Waals surface area contributed by atoms with Crippen molar-refractivity contribution in [1.29, 1.82) is 0 Å². The molecule has 0 aliphatic carbocycles. The van der Waals surface area contributed by atoms with Crippen LogP contribution in [-0.2, 0) is 0 Å². The highest BCUT2D eigenvalue weighted by molar-refractivity contribution is 9.09. The second-order valence-corrected chi connectivity index (χ2v) is 6.62. The predicted octanol–water partition coefficient (Wildman–Crippen LogP) is 5.56. The van der Waals surface area contributed by atoms with E-state index in [2.05, 4.69) is 22.0 Å². The van der Waals surface area contributed by atoms with Crippen molar-refractivity contribution in [2.75, 3.05) is 13.2 Å². The fraction of sp³-hybridized carbons (Fsp3) is 0.250. The van der Waals surface area contributed by atoms with Crippen LogP contribution < -0.4 is 9.47 Å². The number of benzene rings is 2. The molecule has 2 nitrogen and oxygen atoms in total. The molecule has 2 aromatic rings. The van der Waals surface area contributed by atoms with Gasteiger partial charge in [0.1, 0.15) is 13.2 Å². The topological polar surface area (TPSA) is 18.5 Å². The van der Waals surface area contributed by atoms with Gasteiger partial charge < -0.3 is 9.47 Å². The van der Waals surface area contributed by atoms with E-state index in [0.717, 1.165) is 27.5 Å². The maximum absolute atomic E-state index is 6.39. The van der Waals surface area contributed by atoms with Gasteiger partial charge in [-0.15, -0.1) is 0 Å². The average Bonchev–Trinajstić information content (AvgIpc) is 2.48. The first kappa shape index (κ1) is 15.0. The first-order chi connectivity index (χ1) is 10.1. The fourth-order valence-corrected chi connectivity index (χ4v) is 3.45. The third kappa shape index (κ3) is 3.01. The second kappa shape index (κ2) is 6.07. The molecule has 0 fully saturated rings. The van der Waals surface area contributed by atoms with Gasteiger partial charge in [-0.1, -0.05) is 51.3 Å². The zero-order chi connectivity index (χ0) is 15.0. The largest absolute Gasteiger partial charge is 0.486 e. The van der Waals surface area contributed by atoms with Gasteiger partial charge >= 0.3 is 0 Å². The molecule has 1 heterocycles. The fourth-order valence-electron chi connectivity index (χ4n) is 2.28. The molecule has 0 spiro atoms. The van der Waals surface area contributed by atoms with Gasteiger partial charge in [0.2, 0.25) is 0 Å². The summed E-state index contributed by atoms with van der Waals surface area (Å²) in [6.07, 6.45) is 0. The maximum atomic E-state index is 6.39. The van der Waals surface area contributed by atoms with E-state index in [-0.39, 0.29) is 4.83 Å². The minimum Gasteiger partial charge on any atom is -0.486 e. The summed E-state index contributed by atoms with van der Waals surface area (Å²) in [5, 5.41) is 1.40. The predicted molar refractivity (Wildman–Crippen MR) is 89.4 cm³/mol. The molecule has 1 aliphatic heterocycles. The van der Waals surface area contributed by atoms with Crippen LogP contribution in [0.4, 0.5) is 0 Å². The molecule has 2 aromatic carbocycles. The lowest BCUT2D eigenvalue weighted by atomic mass is 10.0. The van der Waals surface area contributed by atoms with E-state index >= 15 is 0 Å². The van der Waals surface area contributed by atoms with E-state index in [4.69, 9.17) is 32.7 Å². The number of aryl methyl sites for hydroxylation is 1. The number of hydrogen-bond acceptors (Lipinski definition) is 2. The van der Waals surface area contributed by atoms with Gasteiger partial charge in [0.15, 0.2) is 11.5 Å². The molecule has 0 bridgehead atoms. The van der Waals surface area contributed by atoms with Crippen molar-refractivity contribution in [2.45, 2.75) is 11.8 Å². The van der Waals surface area contributed by atoms with E-state index < -0.39 is 0 Å². The molecule has 0 aromatic heterocycles. The number of alkyl halides is 1. The summed E-state index contributed by atoms with van der Waals surface area (Å²) in [4.78, 5) is -0.0307. The molecule has 1 aliphatic rings. The Kier molecular flexibility index (Phi) is 4.34. The van der Waals surface area contributed by atoms with Crippen LogP contribution in [0.1, 0.15) is 21.5 Å². The molecule has 110 valence electrons. The van der Waals surface area contributed by atoms with Crippen molar-refractivity contribution in [2.24, 2.45) is 0 Å². The summed E-state index contributed by atoms with van der Waals surface area (Å²) in [7, 11) is 0. The van der Waals surface area contributed by atoms with E-state index in [0.29, 0.717) is 24.0 Å². The Balaban J connectivity index is 2.00. The molecule has 0 radical (unpaired) electrons. The Morgan fingerprint density at radius 1 is 1.00 bits per heavy atom. The minimum absolute atomic E-state index is 0.0307. The van der Waals surface area contributed by atoms with Crippen LogP contribution in [0.15, 0.2) is 30.3 Å². The smallest absolute Gasteiger partial charge is 0.162 e. The minimum atomic E-state index is -0.0307. The van der Waals surface area contributed by atoms with Crippen LogP contribution in [0.3, 0.4) is 0 Å². The highest BCUT2D eigenvalue weighted by atomic mass is 79.9. The van der Waals surface area contributed by atoms with E-state index in [1.807, 2.05) is 31.2 Å². The first-order valence-corrected chi connectivity index (χ1v) is 8.22. The third-order valence-corrected chi connectivity index (χ3v) is 5.18. The van der Waals surface area contributed by atoms with Crippen molar-refractivity contribution in [3.63, 3.8) is 0 Å². The molecule has 0 amide bonds. The lowest BCUT2D eigenvalue weighted by Crippen LogP contribution is -2.15. The third-order valence-electron chi connectivity index (χ3n) is 3.41.